The molecule has 0 atom stereocenters. The third kappa shape index (κ3) is 4.60. The van der Waals surface area contributed by atoms with Crippen molar-refractivity contribution in [3.05, 3.63) is 54.6 Å². The Balaban J connectivity index is 2.18. The molecule has 0 amide bonds. The second-order valence-electron chi connectivity index (χ2n) is 2.67. The largest absolute Gasteiger partial charge is 0.232 e. The molecular weight excluding hydrogens is 176 g/mol. The molecule has 0 aromatic heterocycles. The predicted molar refractivity (Wildman–Crippen MR) is 57.6 cm³/mol. The first-order valence-electron chi connectivity index (χ1n) is 4.50. The van der Waals surface area contributed by atoms with Gasteiger partial charge in [0.05, 0.1) is 0 Å². The maximum absolute atomic E-state index is 4.84. The van der Waals surface area contributed by atoms with Gasteiger partial charge in [0, 0.05) is 0 Å². The summed E-state index contributed by atoms with van der Waals surface area (Å²) in [5.74, 6) is 0. The minimum absolute atomic E-state index is 0.416. The van der Waals surface area contributed by atoms with Crippen molar-refractivity contribution in [2.24, 2.45) is 0 Å². The highest BCUT2D eigenvalue weighted by Crippen LogP contribution is 2.00. The molecule has 0 fully saturated rings. The first-order valence-corrected chi connectivity index (χ1v) is 4.50. The molecule has 0 saturated heterocycles. The number of rotatable bonds is 6. The summed E-state index contributed by atoms with van der Waals surface area (Å²) in [5.41, 5.74) is 1.15. The van der Waals surface area contributed by atoms with Gasteiger partial charge in [0.2, 0.25) is 0 Å². The summed E-state index contributed by atoms with van der Waals surface area (Å²) in [5, 5.41) is 0. The molecule has 0 unspecified atom stereocenters. The van der Waals surface area contributed by atoms with E-state index in [2.05, 4.69) is 6.58 Å². The van der Waals surface area contributed by atoms with Crippen molar-refractivity contribution in [3.63, 3.8) is 0 Å². The van der Waals surface area contributed by atoms with E-state index in [9.17, 15) is 0 Å². The quantitative estimate of drug-likeness (QED) is 0.297. The summed E-state index contributed by atoms with van der Waals surface area (Å²) in [6.07, 6.45) is 5.52. The van der Waals surface area contributed by atoms with Crippen LogP contribution >= 0.6 is 0 Å². The van der Waals surface area contributed by atoms with E-state index in [-0.39, 0.29) is 0 Å². The molecule has 14 heavy (non-hydrogen) atoms. The maximum Gasteiger partial charge on any atom is 0.101 e. The molecule has 0 saturated carbocycles. The molecule has 1 aromatic rings. The summed E-state index contributed by atoms with van der Waals surface area (Å²) < 4.78 is 0. The first kappa shape index (κ1) is 10.7. The zero-order chi connectivity index (χ0) is 10.1. The summed E-state index contributed by atoms with van der Waals surface area (Å²) in [6, 6.07) is 10.0. The molecule has 0 heterocycles. The van der Waals surface area contributed by atoms with E-state index in [4.69, 9.17) is 9.78 Å². The Kier molecular flexibility index (Phi) is 5.40. The van der Waals surface area contributed by atoms with Crippen molar-refractivity contribution in [1.82, 2.24) is 0 Å². The lowest BCUT2D eigenvalue weighted by Crippen LogP contribution is -1.93. The van der Waals surface area contributed by atoms with E-state index >= 15 is 0 Å². The lowest BCUT2D eigenvalue weighted by molar-refractivity contribution is -0.277. The SMILES string of the molecule is C=CCOOC/C=C/c1ccccc1. The third-order valence-electron chi connectivity index (χ3n) is 1.54. The molecule has 0 N–H and O–H groups in total. The Labute approximate surface area is 84.4 Å². The normalized spacial score (nSPS) is 10.6. The molecule has 2 heteroatoms. The zero-order valence-corrected chi connectivity index (χ0v) is 8.06. The van der Waals surface area contributed by atoms with Crippen molar-refractivity contribution in [1.29, 1.82) is 0 Å². The Hall–Kier alpha value is -1.38. The van der Waals surface area contributed by atoms with Crippen LogP contribution in [0.1, 0.15) is 5.56 Å². The number of hydrogen-bond donors (Lipinski definition) is 0. The van der Waals surface area contributed by atoms with Gasteiger partial charge < -0.3 is 0 Å². The van der Waals surface area contributed by atoms with Crippen molar-refractivity contribution in [2.75, 3.05) is 13.2 Å². The second-order valence-corrected chi connectivity index (χ2v) is 2.67. The van der Waals surface area contributed by atoms with Crippen LogP contribution < -0.4 is 0 Å². The van der Waals surface area contributed by atoms with Crippen LogP contribution in [0.5, 0.6) is 0 Å². The standard InChI is InChI=1S/C12H14O2/c1-2-10-13-14-11-6-9-12-7-4-3-5-8-12/h2-9H,1,10-11H2/b9-6+. The van der Waals surface area contributed by atoms with Crippen molar-refractivity contribution in [2.45, 2.75) is 0 Å². The van der Waals surface area contributed by atoms with Crippen LogP contribution in [-0.4, -0.2) is 13.2 Å². The fraction of sp³-hybridized carbons (Fsp3) is 0.167. The van der Waals surface area contributed by atoms with Gasteiger partial charge in [0.15, 0.2) is 0 Å². The van der Waals surface area contributed by atoms with Gasteiger partial charge in [-0.3, -0.25) is 0 Å². The van der Waals surface area contributed by atoms with Crippen molar-refractivity contribution < 1.29 is 9.78 Å². The van der Waals surface area contributed by atoms with Gasteiger partial charge in [0.25, 0.3) is 0 Å². The van der Waals surface area contributed by atoms with Crippen LogP contribution in [0, 0.1) is 0 Å². The summed E-state index contributed by atoms with van der Waals surface area (Å²) in [7, 11) is 0. The summed E-state index contributed by atoms with van der Waals surface area (Å²) >= 11 is 0. The van der Waals surface area contributed by atoms with Gasteiger partial charge in [-0.15, -0.1) is 6.58 Å². The highest BCUT2D eigenvalue weighted by atomic mass is 17.2. The molecule has 74 valence electrons. The molecule has 0 aliphatic rings. The van der Waals surface area contributed by atoms with E-state index in [1.165, 1.54) is 0 Å². The van der Waals surface area contributed by atoms with Gasteiger partial charge in [-0.2, -0.15) is 0 Å². The van der Waals surface area contributed by atoms with E-state index in [0.29, 0.717) is 13.2 Å². The lowest BCUT2D eigenvalue weighted by Gasteiger charge is -1.96. The van der Waals surface area contributed by atoms with Gasteiger partial charge >= 0.3 is 0 Å². The minimum atomic E-state index is 0.416. The highest BCUT2D eigenvalue weighted by molar-refractivity contribution is 5.48. The predicted octanol–water partition coefficient (Wildman–Crippen LogP) is 2.83. The smallest absolute Gasteiger partial charge is 0.101 e. The molecule has 0 bridgehead atoms. The molecule has 1 rings (SSSR count). The molecule has 0 aliphatic carbocycles. The topological polar surface area (TPSA) is 18.5 Å². The van der Waals surface area contributed by atoms with Crippen LogP contribution in [0.4, 0.5) is 0 Å². The zero-order valence-electron chi connectivity index (χ0n) is 8.06. The second kappa shape index (κ2) is 7.06. The first-order chi connectivity index (χ1) is 6.93. The third-order valence-corrected chi connectivity index (χ3v) is 1.54. The van der Waals surface area contributed by atoms with E-state index in [1.54, 1.807) is 6.08 Å². The van der Waals surface area contributed by atoms with Crippen molar-refractivity contribution in [3.8, 4) is 0 Å². The Morgan fingerprint density at radius 1 is 1.07 bits per heavy atom. The minimum Gasteiger partial charge on any atom is -0.232 e. The van der Waals surface area contributed by atoms with Gasteiger partial charge in [-0.25, -0.2) is 9.78 Å². The average Bonchev–Trinajstić information content (AvgIpc) is 2.25. The van der Waals surface area contributed by atoms with Crippen LogP contribution in [0.3, 0.4) is 0 Å². The Morgan fingerprint density at radius 3 is 2.50 bits per heavy atom. The van der Waals surface area contributed by atoms with Crippen LogP contribution in [0.25, 0.3) is 6.08 Å². The van der Waals surface area contributed by atoms with E-state index in [0.717, 1.165) is 5.56 Å². The highest BCUT2D eigenvalue weighted by Gasteiger charge is 1.83. The molecule has 0 aliphatic heterocycles. The summed E-state index contributed by atoms with van der Waals surface area (Å²) in [4.78, 5) is 9.59. The van der Waals surface area contributed by atoms with Gasteiger partial charge in [0.1, 0.15) is 13.2 Å². The lowest BCUT2D eigenvalue weighted by atomic mass is 10.2. The maximum atomic E-state index is 4.84. The van der Waals surface area contributed by atoms with Gasteiger partial charge in [-0.1, -0.05) is 48.6 Å². The molecule has 1 aromatic carbocycles. The van der Waals surface area contributed by atoms with Crippen LogP contribution in [0.15, 0.2) is 49.1 Å². The van der Waals surface area contributed by atoms with Crippen LogP contribution in [-0.2, 0) is 9.78 Å². The monoisotopic (exact) mass is 190 g/mol. The fourth-order valence-electron chi connectivity index (χ4n) is 0.932. The fourth-order valence-corrected chi connectivity index (χ4v) is 0.932. The van der Waals surface area contributed by atoms with Gasteiger partial charge in [-0.05, 0) is 5.56 Å². The van der Waals surface area contributed by atoms with Crippen LogP contribution in [0.2, 0.25) is 0 Å². The summed E-state index contributed by atoms with van der Waals surface area (Å²) in [6.45, 7) is 4.37. The Morgan fingerprint density at radius 2 is 1.79 bits per heavy atom. The number of hydrogen-bond acceptors (Lipinski definition) is 2. The molecule has 0 spiro atoms. The van der Waals surface area contributed by atoms with Crippen molar-refractivity contribution >= 4 is 6.08 Å². The number of benzene rings is 1. The average molecular weight is 190 g/mol. The molecular formula is C12H14O2. The Bertz CT molecular complexity index is 278. The van der Waals surface area contributed by atoms with E-state index in [1.807, 2.05) is 42.5 Å². The molecule has 2 nitrogen and oxygen atoms in total. The molecule has 0 radical (unpaired) electrons. The van der Waals surface area contributed by atoms with E-state index < -0.39 is 0 Å².